The molecule has 0 aliphatic carbocycles. The van der Waals surface area contributed by atoms with E-state index in [4.69, 9.17) is 10.00 Å². The number of hydrogen-bond donors (Lipinski definition) is 0. The molecule has 0 radical (unpaired) electrons. The van der Waals surface area contributed by atoms with Gasteiger partial charge in [-0.3, -0.25) is 0 Å². The molecular formula is C15H18N4OS. The van der Waals surface area contributed by atoms with Crippen LogP contribution >= 0.6 is 11.8 Å². The molecule has 2 aromatic rings. The highest BCUT2D eigenvalue weighted by atomic mass is 32.2. The van der Waals surface area contributed by atoms with Gasteiger partial charge in [-0.1, -0.05) is 42.1 Å². The lowest BCUT2D eigenvalue weighted by Gasteiger charge is -2.10. The van der Waals surface area contributed by atoms with Crippen molar-refractivity contribution in [1.82, 2.24) is 14.8 Å². The Morgan fingerprint density at radius 3 is 2.76 bits per heavy atom. The van der Waals surface area contributed by atoms with E-state index < -0.39 is 0 Å². The van der Waals surface area contributed by atoms with Gasteiger partial charge in [-0.25, -0.2) is 0 Å². The van der Waals surface area contributed by atoms with E-state index in [-0.39, 0.29) is 5.25 Å². The van der Waals surface area contributed by atoms with E-state index >= 15 is 0 Å². The quantitative estimate of drug-likeness (QED) is 0.735. The maximum atomic E-state index is 8.95. The lowest BCUT2D eigenvalue weighted by Crippen LogP contribution is -2.11. The van der Waals surface area contributed by atoms with E-state index in [1.165, 1.54) is 17.3 Å². The zero-order chi connectivity index (χ0) is 15.1. The molecule has 1 heterocycles. The van der Waals surface area contributed by atoms with Gasteiger partial charge in [-0.05, 0) is 12.5 Å². The summed E-state index contributed by atoms with van der Waals surface area (Å²) in [5.41, 5.74) is 1.19. The number of ether oxygens (including phenoxy) is 1. The van der Waals surface area contributed by atoms with E-state index in [1.54, 1.807) is 7.11 Å². The van der Waals surface area contributed by atoms with Crippen LogP contribution in [0.5, 0.6) is 0 Å². The third-order valence-electron chi connectivity index (χ3n) is 2.98. The van der Waals surface area contributed by atoms with Gasteiger partial charge < -0.3 is 9.30 Å². The number of nitriles is 1. The summed E-state index contributed by atoms with van der Waals surface area (Å²) in [7, 11) is 1.67. The summed E-state index contributed by atoms with van der Waals surface area (Å²) in [4.78, 5) is 0. The molecule has 2 rings (SSSR count). The zero-order valence-electron chi connectivity index (χ0n) is 12.2. The molecule has 0 saturated heterocycles. The minimum Gasteiger partial charge on any atom is -0.383 e. The molecule has 0 bridgehead atoms. The van der Waals surface area contributed by atoms with Gasteiger partial charge in [0.1, 0.15) is 5.82 Å². The lowest BCUT2D eigenvalue weighted by atomic mass is 10.1. The lowest BCUT2D eigenvalue weighted by molar-refractivity contribution is 0.184. The zero-order valence-corrected chi connectivity index (χ0v) is 13.0. The number of thioether (sulfide) groups is 1. The predicted octanol–water partition coefficient (Wildman–Crippen LogP) is 2.52. The standard InChI is InChI=1S/C15H18N4OS/c1-12(11-16)21-15-18-17-14(19(15)8-9-20-2)10-13-6-4-3-5-7-13/h3-7,12H,8-10H2,1-2H3/t12-/m0/s1. The topological polar surface area (TPSA) is 63.7 Å². The van der Waals surface area contributed by atoms with Crippen LogP contribution in [0.25, 0.3) is 0 Å². The molecule has 0 aliphatic heterocycles. The first-order valence-corrected chi connectivity index (χ1v) is 7.63. The summed E-state index contributed by atoms with van der Waals surface area (Å²) in [5, 5.41) is 18.1. The molecule has 0 fully saturated rings. The molecule has 110 valence electrons. The highest BCUT2D eigenvalue weighted by Gasteiger charge is 2.15. The van der Waals surface area contributed by atoms with Crippen LogP contribution in [0.15, 0.2) is 35.5 Å². The number of hydrogen-bond acceptors (Lipinski definition) is 5. The van der Waals surface area contributed by atoms with Crippen molar-refractivity contribution in [3.8, 4) is 6.07 Å². The van der Waals surface area contributed by atoms with Crippen LogP contribution in [0.4, 0.5) is 0 Å². The monoisotopic (exact) mass is 302 g/mol. The summed E-state index contributed by atoms with van der Waals surface area (Å²) < 4.78 is 7.19. The van der Waals surface area contributed by atoms with Crippen molar-refractivity contribution in [2.24, 2.45) is 0 Å². The molecule has 1 aromatic heterocycles. The molecule has 1 aromatic carbocycles. The Labute approximate surface area is 128 Å². The van der Waals surface area contributed by atoms with Crippen molar-refractivity contribution in [1.29, 1.82) is 5.26 Å². The number of nitrogens with zero attached hydrogens (tertiary/aromatic N) is 4. The second-order valence-corrected chi connectivity index (χ2v) is 5.90. The second kappa shape index (κ2) is 7.81. The van der Waals surface area contributed by atoms with Gasteiger partial charge in [0.2, 0.25) is 0 Å². The molecule has 0 saturated carbocycles. The minimum absolute atomic E-state index is 0.153. The first-order chi connectivity index (χ1) is 10.2. The van der Waals surface area contributed by atoms with E-state index in [2.05, 4.69) is 28.4 Å². The average Bonchev–Trinajstić information content (AvgIpc) is 2.87. The summed E-state index contributed by atoms with van der Waals surface area (Å²) in [6.45, 7) is 3.14. The third kappa shape index (κ3) is 4.31. The van der Waals surface area contributed by atoms with Crippen LogP contribution in [0.2, 0.25) is 0 Å². The maximum Gasteiger partial charge on any atom is 0.192 e. The van der Waals surface area contributed by atoms with Crippen LogP contribution in [0, 0.1) is 11.3 Å². The minimum atomic E-state index is -0.153. The Bertz CT molecular complexity index is 606. The van der Waals surface area contributed by atoms with Crippen molar-refractivity contribution in [3.63, 3.8) is 0 Å². The Morgan fingerprint density at radius 2 is 2.10 bits per heavy atom. The summed E-state index contributed by atoms with van der Waals surface area (Å²) in [5.74, 6) is 0.894. The van der Waals surface area contributed by atoms with Gasteiger partial charge in [-0.15, -0.1) is 10.2 Å². The van der Waals surface area contributed by atoms with Crippen molar-refractivity contribution in [2.45, 2.75) is 30.3 Å². The van der Waals surface area contributed by atoms with Crippen molar-refractivity contribution < 1.29 is 4.74 Å². The molecule has 0 N–H and O–H groups in total. The molecule has 0 unspecified atom stereocenters. The molecule has 5 nitrogen and oxygen atoms in total. The maximum absolute atomic E-state index is 8.95. The second-order valence-electron chi connectivity index (χ2n) is 4.59. The molecule has 21 heavy (non-hydrogen) atoms. The van der Waals surface area contributed by atoms with Crippen molar-refractivity contribution >= 4 is 11.8 Å². The van der Waals surface area contributed by atoms with Crippen LogP contribution in [-0.4, -0.2) is 33.7 Å². The fourth-order valence-electron chi connectivity index (χ4n) is 1.91. The largest absolute Gasteiger partial charge is 0.383 e. The van der Waals surface area contributed by atoms with Gasteiger partial charge >= 0.3 is 0 Å². The van der Waals surface area contributed by atoms with Crippen LogP contribution in [-0.2, 0) is 17.7 Å². The first kappa shape index (κ1) is 15.5. The summed E-state index contributed by atoms with van der Waals surface area (Å²) >= 11 is 1.42. The molecule has 0 amide bonds. The summed E-state index contributed by atoms with van der Waals surface area (Å²) in [6.07, 6.45) is 0.721. The number of benzene rings is 1. The highest BCUT2D eigenvalue weighted by Crippen LogP contribution is 2.22. The number of aromatic nitrogens is 3. The van der Waals surface area contributed by atoms with Crippen LogP contribution < -0.4 is 0 Å². The van der Waals surface area contributed by atoms with Crippen molar-refractivity contribution in [3.05, 3.63) is 41.7 Å². The first-order valence-electron chi connectivity index (χ1n) is 6.75. The van der Waals surface area contributed by atoms with Gasteiger partial charge in [0.15, 0.2) is 5.16 Å². The highest BCUT2D eigenvalue weighted by molar-refractivity contribution is 8.00. The fourth-order valence-corrected chi connectivity index (χ4v) is 2.69. The van der Waals surface area contributed by atoms with Crippen LogP contribution in [0.1, 0.15) is 18.3 Å². The fraction of sp³-hybridized carbons (Fsp3) is 0.400. The molecular weight excluding hydrogens is 284 g/mol. The van der Waals surface area contributed by atoms with E-state index in [9.17, 15) is 0 Å². The predicted molar refractivity (Wildman–Crippen MR) is 82.1 cm³/mol. The van der Waals surface area contributed by atoms with Crippen molar-refractivity contribution in [2.75, 3.05) is 13.7 Å². The smallest absolute Gasteiger partial charge is 0.192 e. The normalized spacial score (nSPS) is 12.0. The molecule has 0 aliphatic rings. The number of rotatable bonds is 7. The van der Waals surface area contributed by atoms with E-state index in [1.807, 2.05) is 29.7 Å². The Hall–Kier alpha value is -1.84. The molecule has 6 heteroatoms. The SMILES string of the molecule is COCCn1c(Cc2ccccc2)nnc1S[C@@H](C)C#N. The summed E-state index contributed by atoms with van der Waals surface area (Å²) in [6, 6.07) is 12.4. The average molecular weight is 302 g/mol. The third-order valence-corrected chi connectivity index (χ3v) is 3.95. The Morgan fingerprint density at radius 1 is 1.33 bits per heavy atom. The van der Waals surface area contributed by atoms with Gasteiger partial charge in [0, 0.05) is 20.1 Å². The van der Waals surface area contributed by atoms with E-state index in [0.717, 1.165) is 17.4 Å². The molecule has 1 atom stereocenters. The van der Waals surface area contributed by atoms with Gasteiger partial charge in [0.25, 0.3) is 0 Å². The Kier molecular flexibility index (Phi) is 5.78. The Balaban J connectivity index is 2.21. The van der Waals surface area contributed by atoms with Gasteiger partial charge in [0.05, 0.1) is 17.9 Å². The van der Waals surface area contributed by atoms with Crippen LogP contribution in [0.3, 0.4) is 0 Å². The van der Waals surface area contributed by atoms with Gasteiger partial charge in [-0.2, -0.15) is 5.26 Å². The number of methoxy groups -OCH3 is 1. The van der Waals surface area contributed by atoms with E-state index in [0.29, 0.717) is 13.2 Å². The molecule has 0 spiro atoms.